The number of halogens is 3. The maximum Gasteiger partial charge on any atom is 0.523 e. The third-order valence-electron chi connectivity index (χ3n) is 2.77. The van der Waals surface area contributed by atoms with Crippen LogP contribution in [-0.2, 0) is 14.3 Å². The second kappa shape index (κ2) is 5.35. The van der Waals surface area contributed by atoms with Gasteiger partial charge >= 0.3 is 15.6 Å². The standard InChI is InChI=1S/C9H15F3O3S/c10-9(11,12)16(13,14)15-7-6-8-4-2-1-3-5-8/h8H,1-7H2. The van der Waals surface area contributed by atoms with Crippen LogP contribution < -0.4 is 0 Å². The smallest absolute Gasteiger partial charge is 0.263 e. The second-order valence-electron chi connectivity index (χ2n) is 4.01. The Balaban J connectivity index is 2.29. The molecular formula is C9H15F3O3S. The summed E-state index contributed by atoms with van der Waals surface area (Å²) >= 11 is 0. The summed E-state index contributed by atoms with van der Waals surface area (Å²) in [6, 6.07) is 0. The van der Waals surface area contributed by atoms with Gasteiger partial charge in [-0.05, 0) is 12.3 Å². The van der Waals surface area contributed by atoms with Crippen LogP contribution in [0.15, 0.2) is 0 Å². The molecule has 0 aliphatic heterocycles. The minimum Gasteiger partial charge on any atom is -0.263 e. The zero-order valence-corrected chi connectivity index (χ0v) is 9.61. The van der Waals surface area contributed by atoms with E-state index in [1.807, 2.05) is 0 Å². The molecule has 1 aliphatic carbocycles. The summed E-state index contributed by atoms with van der Waals surface area (Å²) in [5.74, 6) is 0.303. The summed E-state index contributed by atoms with van der Waals surface area (Å²) in [5.41, 5.74) is -5.31. The zero-order chi connectivity index (χ0) is 12.2. The van der Waals surface area contributed by atoms with Gasteiger partial charge < -0.3 is 0 Å². The molecule has 0 aromatic rings. The van der Waals surface area contributed by atoms with Crippen molar-refractivity contribution in [1.82, 2.24) is 0 Å². The Morgan fingerprint density at radius 1 is 1.12 bits per heavy atom. The summed E-state index contributed by atoms with van der Waals surface area (Å²) in [6.07, 6.45) is 5.58. The highest BCUT2D eigenvalue weighted by Crippen LogP contribution is 2.28. The molecule has 0 aromatic carbocycles. The first-order chi connectivity index (χ1) is 7.33. The van der Waals surface area contributed by atoms with E-state index in [2.05, 4.69) is 4.18 Å². The number of hydrogen-bond acceptors (Lipinski definition) is 3. The predicted molar refractivity (Wildman–Crippen MR) is 52.1 cm³/mol. The van der Waals surface area contributed by atoms with Crippen LogP contribution in [-0.4, -0.2) is 20.5 Å². The summed E-state index contributed by atoms with van der Waals surface area (Å²) in [4.78, 5) is 0. The average molecular weight is 260 g/mol. The fraction of sp³-hybridized carbons (Fsp3) is 1.00. The summed E-state index contributed by atoms with van der Waals surface area (Å²) in [6.45, 7) is -0.369. The molecule has 7 heteroatoms. The van der Waals surface area contributed by atoms with E-state index < -0.39 is 15.6 Å². The Hall–Kier alpha value is -0.300. The molecule has 3 nitrogen and oxygen atoms in total. The van der Waals surface area contributed by atoms with E-state index in [1.54, 1.807) is 0 Å². The average Bonchev–Trinajstić information content (AvgIpc) is 2.17. The first kappa shape index (κ1) is 13.8. The van der Waals surface area contributed by atoms with E-state index in [9.17, 15) is 21.6 Å². The maximum atomic E-state index is 11.9. The molecule has 0 bridgehead atoms. The molecule has 0 N–H and O–H groups in total. The van der Waals surface area contributed by atoms with Gasteiger partial charge in [0.15, 0.2) is 0 Å². The van der Waals surface area contributed by atoms with Gasteiger partial charge in [-0.25, -0.2) is 0 Å². The van der Waals surface area contributed by atoms with Crippen LogP contribution in [0.4, 0.5) is 13.2 Å². The molecule has 0 spiro atoms. The van der Waals surface area contributed by atoms with Gasteiger partial charge in [-0.15, -0.1) is 0 Å². The molecule has 1 aliphatic rings. The van der Waals surface area contributed by atoms with E-state index in [4.69, 9.17) is 0 Å². The van der Waals surface area contributed by atoms with Crippen molar-refractivity contribution in [2.75, 3.05) is 6.61 Å². The van der Waals surface area contributed by atoms with Crippen LogP contribution >= 0.6 is 0 Å². The Kier molecular flexibility index (Phi) is 4.61. The highest BCUT2D eigenvalue weighted by molar-refractivity contribution is 7.87. The van der Waals surface area contributed by atoms with Crippen LogP contribution in [0.2, 0.25) is 0 Å². The molecule has 0 saturated heterocycles. The van der Waals surface area contributed by atoms with E-state index >= 15 is 0 Å². The molecular weight excluding hydrogens is 245 g/mol. The molecule has 1 fully saturated rings. The second-order valence-corrected chi connectivity index (χ2v) is 5.62. The van der Waals surface area contributed by atoms with Crippen LogP contribution in [0.25, 0.3) is 0 Å². The minimum atomic E-state index is -5.40. The van der Waals surface area contributed by atoms with Gasteiger partial charge in [0.1, 0.15) is 0 Å². The quantitative estimate of drug-likeness (QED) is 0.576. The monoisotopic (exact) mass is 260 g/mol. The van der Waals surface area contributed by atoms with E-state index in [1.165, 1.54) is 0 Å². The van der Waals surface area contributed by atoms with Crippen molar-refractivity contribution in [2.45, 2.75) is 44.0 Å². The molecule has 0 atom stereocenters. The van der Waals surface area contributed by atoms with Gasteiger partial charge in [0, 0.05) is 0 Å². The lowest BCUT2D eigenvalue weighted by molar-refractivity contribution is -0.0545. The third kappa shape index (κ3) is 3.93. The van der Waals surface area contributed by atoms with Crippen LogP contribution in [0.3, 0.4) is 0 Å². The molecule has 1 saturated carbocycles. The van der Waals surface area contributed by atoms with E-state index in [0.717, 1.165) is 32.1 Å². The zero-order valence-electron chi connectivity index (χ0n) is 8.79. The van der Waals surface area contributed by atoms with Crippen LogP contribution in [0, 0.1) is 5.92 Å². The first-order valence-electron chi connectivity index (χ1n) is 5.28. The Morgan fingerprint density at radius 3 is 2.19 bits per heavy atom. The number of alkyl halides is 3. The SMILES string of the molecule is O=S(=O)(OCCC1CCCCC1)C(F)(F)F. The third-order valence-corrected chi connectivity index (χ3v) is 3.82. The van der Waals surface area contributed by atoms with Gasteiger partial charge in [-0.2, -0.15) is 21.6 Å². The van der Waals surface area contributed by atoms with Gasteiger partial charge in [-0.1, -0.05) is 32.1 Å². The van der Waals surface area contributed by atoms with Crippen molar-refractivity contribution in [2.24, 2.45) is 5.92 Å². The predicted octanol–water partition coefficient (Wildman–Crippen LogP) is 2.82. The van der Waals surface area contributed by atoms with Crippen LogP contribution in [0.5, 0.6) is 0 Å². The number of rotatable bonds is 4. The molecule has 0 radical (unpaired) electrons. The normalized spacial score (nSPS) is 19.9. The largest absolute Gasteiger partial charge is 0.523 e. The fourth-order valence-electron chi connectivity index (χ4n) is 1.87. The number of hydrogen-bond donors (Lipinski definition) is 0. The van der Waals surface area contributed by atoms with Gasteiger partial charge in [0.2, 0.25) is 0 Å². The summed E-state index contributed by atoms with van der Waals surface area (Å²) in [5, 5.41) is 0. The molecule has 0 aromatic heterocycles. The molecule has 0 heterocycles. The van der Waals surface area contributed by atoms with E-state index in [-0.39, 0.29) is 6.61 Å². The topological polar surface area (TPSA) is 43.4 Å². The van der Waals surface area contributed by atoms with Crippen LogP contribution in [0.1, 0.15) is 38.5 Å². The van der Waals surface area contributed by atoms with Crippen molar-refractivity contribution in [3.05, 3.63) is 0 Å². The molecule has 1 rings (SSSR count). The van der Waals surface area contributed by atoms with Crippen molar-refractivity contribution in [3.63, 3.8) is 0 Å². The van der Waals surface area contributed by atoms with E-state index in [0.29, 0.717) is 12.3 Å². The van der Waals surface area contributed by atoms with Gasteiger partial charge in [-0.3, -0.25) is 4.18 Å². The molecule has 0 unspecified atom stereocenters. The maximum absolute atomic E-state index is 11.9. The summed E-state index contributed by atoms with van der Waals surface area (Å²) in [7, 11) is -5.40. The van der Waals surface area contributed by atoms with Crippen molar-refractivity contribution >= 4 is 10.1 Å². The summed E-state index contributed by atoms with van der Waals surface area (Å²) < 4.78 is 60.7. The molecule has 0 amide bonds. The Bertz CT molecular complexity index is 304. The van der Waals surface area contributed by atoms with Gasteiger partial charge in [0.25, 0.3) is 0 Å². The van der Waals surface area contributed by atoms with Crippen molar-refractivity contribution in [1.29, 1.82) is 0 Å². The minimum absolute atomic E-state index is 0.303. The molecule has 16 heavy (non-hydrogen) atoms. The van der Waals surface area contributed by atoms with Crippen molar-refractivity contribution < 1.29 is 25.8 Å². The Morgan fingerprint density at radius 2 is 1.69 bits per heavy atom. The van der Waals surface area contributed by atoms with Crippen molar-refractivity contribution in [3.8, 4) is 0 Å². The Labute approximate surface area is 93.1 Å². The lowest BCUT2D eigenvalue weighted by Gasteiger charge is -2.21. The fourth-order valence-corrected chi connectivity index (χ4v) is 2.32. The lowest BCUT2D eigenvalue weighted by Crippen LogP contribution is -2.26. The molecule has 96 valence electrons. The first-order valence-corrected chi connectivity index (χ1v) is 6.69. The van der Waals surface area contributed by atoms with Gasteiger partial charge in [0.05, 0.1) is 6.61 Å². The lowest BCUT2D eigenvalue weighted by atomic mass is 9.87. The highest BCUT2D eigenvalue weighted by atomic mass is 32.2. The highest BCUT2D eigenvalue weighted by Gasteiger charge is 2.47.